The zero-order valence-electron chi connectivity index (χ0n) is 11.4. The highest BCUT2D eigenvalue weighted by Gasteiger charge is 2.30. The lowest BCUT2D eigenvalue weighted by Gasteiger charge is -2.33. The van der Waals surface area contributed by atoms with Crippen molar-refractivity contribution in [3.05, 3.63) is 23.5 Å². The van der Waals surface area contributed by atoms with Crippen LogP contribution < -0.4 is 5.32 Å². The number of ether oxygens (including phenoxy) is 1. The zero-order valence-corrected chi connectivity index (χ0v) is 12.2. The molecule has 3 rings (SSSR count). The Hall–Kier alpha value is -1.44. The quantitative estimate of drug-likeness (QED) is 0.843. The lowest BCUT2D eigenvalue weighted by atomic mass is 10.2. The van der Waals surface area contributed by atoms with E-state index in [1.807, 2.05) is 29.1 Å². The number of carbonyl (C=O) groups is 1. The maximum Gasteiger partial charge on any atom is 0.324 e. The van der Waals surface area contributed by atoms with Gasteiger partial charge in [-0.05, 0) is 6.92 Å². The fourth-order valence-electron chi connectivity index (χ4n) is 2.47. The molecule has 7 heteroatoms. The van der Waals surface area contributed by atoms with E-state index in [0.29, 0.717) is 19.7 Å². The van der Waals surface area contributed by atoms with Crippen molar-refractivity contribution in [1.82, 2.24) is 19.6 Å². The van der Waals surface area contributed by atoms with E-state index in [1.54, 1.807) is 11.3 Å². The monoisotopic (exact) mass is 294 g/mol. The molecule has 2 aromatic heterocycles. The first kappa shape index (κ1) is 13.5. The number of rotatable bonds is 4. The number of nitrogens with one attached hydrogen (secondary N) is 1. The third-order valence-electron chi connectivity index (χ3n) is 3.42. The molecule has 1 aliphatic rings. The van der Waals surface area contributed by atoms with Crippen LogP contribution in [0.2, 0.25) is 0 Å². The fraction of sp³-hybridized carbons (Fsp3) is 0.538. The van der Waals surface area contributed by atoms with Crippen molar-refractivity contribution >= 4 is 22.3 Å². The predicted octanol–water partition coefficient (Wildman–Crippen LogP) is 0.733. The van der Waals surface area contributed by atoms with Crippen LogP contribution in [0, 0.1) is 0 Å². The number of esters is 1. The first-order valence-electron chi connectivity index (χ1n) is 6.80. The summed E-state index contributed by atoms with van der Waals surface area (Å²) in [6.07, 6.45) is 4.02. The number of thiazole rings is 1. The molecule has 1 atom stereocenters. The van der Waals surface area contributed by atoms with E-state index < -0.39 is 0 Å². The molecular formula is C13H18N4O2S. The Bertz CT molecular complexity index is 565. The maximum absolute atomic E-state index is 12.0. The minimum atomic E-state index is -0.219. The summed E-state index contributed by atoms with van der Waals surface area (Å²) in [5.41, 5.74) is 0.994. The van der Waals surface area contributed by atoms with Crippen LogP contribution in [0.5, 0.6) is 0 Å². The minimum absolute atomic E-state index is 0.152. The molecule has 3 heterocycles. The van der Waals surface area contributed by atoms with E-state index in [2.05, 4.69) is 15.2 Å². The third-order valence-corrected chi connectivity index (χ3v) is 4.19. The standard InChI is InChI=1S/C13H18N4O2S/c1-2-19-12(18)11-7-14-3-4-16(11)8-10-9-17-5-6-20-13(17)15-10/h5-6,9,11,14H,2-4,7-8H2,1H3. The molecule has 6 nitrogen and oxygen atoms in total. The summed E-state index contributed by atoms with van der Waals surface area (Å²) in [7, 11) is 0. The van der Waals surface area contributed by atoms with Crippen LogP contribution in [-0.4, -0.2) is 52.5 Å². The Kier molecular flexibility index (Phi) is 4.00. The third kappa shape index (κ3) is 2.70. The molecule has 1 aliphatic heterocycles. The van der Waals surface area contributed by atoms with E-state index in [0.717, 1.165) is 23.7 Å². The Morgan fingerprint density at radius 1 is 1.65 bits per heavy atom. The van der Waals surface area contributed by atoms with Gasteiger partial charge in [0.15, 0.2) is 4.96 Å². The largest absolute Gasteiger partial charge is 0.465 e. The number of carbonyl (C=O) groups excluding carboxylic acids is 1. The van der Waals surface area contributed by atoms with Crippen molar-refractivity contribution in [2.45, 2.75) is 19.5 Å². The fourth-order valence-corrected chi connectivity index (χ4v) is 3.19. The van der Waals surface area contributed by atoms with Crippen LogP contribution in [-0.2, 0) is 16.1 Å². The highest BCUT2D eigenvalue weighted by atomic mass is 32.1. The molecule has 20 heavy (non-hydrogen) atoms. The summed E-state index contributed by atoms with van der Waals surface area (Å²) in [5, 5.41) is 5.26. The smallest absolute Gasteiger partial charge is 0.324 e. The molecule has 0 aliphatic carbocycles. The normalized spacial score (nSPS) is 20.4. The number of nitrogens with zero attached hydrogens (tertiary/aromatic N) is 3. The topological polar surface area (TPSA) is 58.9 Å². The number of hydrogen-bond acceptors (Lipinski definition) is 6. The molecule has 0 amide bonds. The van der Waals surface area contributed by atoms with Crippen molar-refractivity contribution < 1.29 is 9.53 Å². The van der Waals surface area contributed by atoms with Crippen molar-refractivity contribution in [3.63, 3.8) is 0 Å². The van der Waals surface area contributed by atoms with E-state index in [9.17, 15) is 4.79 Å². The van der Waals surface area contributed by atoms with Gasteiger partial charge in [0, 0.05) is 44.0 Å². The van der Waals surface area contributed by atoms with Crippen LogP contribution in [0.4, 0.5) is 0 Å². The molecule has 1 N–H and O–H groups in total. The van der Waals surface area contributed by atoms with E-state index >= 15 is 0 Å². The zero-order chi connectivity index (χ0) is 13.9. The minimum Gasteiger partial charge on any atom is -0.465 e. The van der Waals surface area contributed by atoms with E-state index in [1.165, 1.54) is 0 Å². The van der Waals surface area contributed by atoms with E-state index in [4.69, 9.17) is 4.74 Å². The number of fused-ring (bicyclic) bond motifs is 1. The highest BCUT2D eigenvalue weighted by Crippen LogP contribution is 2.15. The lowest BCUT2D eigenvalue weighted by Crippen LogP contribution is -2.54. The second-order valence-corrected chi connectivity index (χ2v) is 5.64. The number of hydrogen-bond donors (Lipinski definition) is 1. The van der Waals surface area contributed by atoms with Gasteiger partial charge in [-0.15, -0.1) is 11.3 Å². The first-order chi connectivity index (χ1) is 9.78. The second kappa shape index (κ2) is 5.90. The van der Waals surface area contributed by atoms with Gasteiger partial charge >= 0.3 is 5.97 Å². The Labute approximate surface area is 121 Å². The maximum atomic E-state index is 12.0. The van der Waals surface area contributed by atoms with Gasteiger partial charge in [-0.1, -0.05) is 0 Å². The summed E-state index contributed by atoms with van der Waals surface area (Å²) < 4.78 is 7.16. The first-order valence-corrected chi connectivity index (χ1v) is 7.68. The van der Waals surface area contributed by atoms with Crippen LogP contribution in [0.15, 0.2) is 17.8 Å². The molecule has 0 radical (unpaired) electrons. The average Bonchev–Trinajstić information content (AvgIpc) is 3.00. The van der Waals surface area contributed by atoms with Gasteiger partial charge in [0.2, 0.25) is 0 Å². The summed E-state index contributed by atoms with van der Waals surface area (Å²) >= 11 is 1.61. The van der Waals surface area contributed by atoms with Gasteiger partial charge < -0.3 is 10.1 Å². The van der Waals surface area contributed by atoms with E-state index in [-0.39, 0.29) is 12.0 Å². The molecule has 0 saturated carbocycles. The van der Waals surface area contributed by atoms with Gasteiger partial charge in [0.05, 0.1) is 12.3 Å². The summed E-state index contributed by atoms with van der Waals surface area (Å²) in [6, 6.07) is -0.219. The van der Waals surface area contributed by atoms with Gasteiger partial charge in [0.1, 0.15) is 6.04 Å². The van der Waals surface area contributed by atoms with Crippen molar-refractivity contribution in [2.24, 2.45) is 0 Å². The Balaban J connectivity index is 1.72. The molecule has 0 aromatic carbocycles. The van der Waals surface area contributed by atoms with Crippen LogP contribution in [0.3, 0.4) is 0 Å². The van der Waals surface area contributed by atoms with Gasteiger partial charge in [0.25, 0.3) is 0 Å². The number of piperazine rings is 1. The molecule has 1 saturated heterocycles. The Morgan fingerprint density at radius 2 is 2.55 bits per heavy atom. The lowest BCUT2D eigenvalue weighted by molar-refractivity contribution is -0.150. The number of imidazole rings is 1. The molecule has 1 unspecified atom stereocenters. The van der Waals surface area contributed by atoms with Crippen molar-refractivity contribution in [2.75, 3.05) is 26.2 Å². The van der Waals surface area contributed by atoms with Crippen molar-refractivity contribution in [1.29, 1.82) is 0 Å². The van der Waals surface area contributed by atoms with Gasteiger partial charge in [-0.25, -0.2) is 4.98 Å². The van der Waals surface area contributed by atoms with Gasteiger partial charge in [-0.2, -0.15) is 0 Å². The predicted molar refractivity (Wildman–Crippen MR) is 76.8 cm³/mol. The molecule has 108 valence electrons. The second-order valence-electron chi connectivity index (χ2n) is 4.77. The molecule has 0 spiro atoms. The van der Waals surface area contributed by atoms with Crippen LogP contribution >= 0.6 is 11.3 Å². The highest BCUT2D eigenvalue weighted by molar-refractivity contribution is 7.15. The van der Waals surface area contributed by atoms with Crippen LogP contribution in [0.25, 0.3) is 4.96 Å². The number of aromatic nitrogens is 2. The summed E-state index contributed by atoms with van der Waals surface area (Å²) in [4.78, 5) is 19.7. The molecular weight excluding hydrogens is 276 g/mol. The average molecular weight is 294 g/mol. The molecule has 0 bridgehead atoms. The van der Waals surface area contributed by atoms with Gasteiger partial charge in [-0.3, -0.25) is 14.1 Å². The summed E-state index contributed by atoms with van der Waals surface area (Å²) in [6.45, 7) is 5.29. The summed E-state index contributed by atoms with van der Waals surface area (Å²) in [5.74, 6) is -0.152. The molecule has 2 aromatic rings. The SMILES string of the molecule is CCOC(=O)C1CNCCN1Cc1cn2ccsc2n1. The Morgan fingerprint density at radius 3 is 3.35 bits per heavy atom. The van der Waals surface area contributed by atoms with Crippen molar-refractivity contribution in [3.8, 4) is 0 Å². The molecule has 1 fully saturated rings. The van der Waals surface area contributed by atoms with Crippen LogP contribution in [0.1, 0.15) is 12.6 Å².